The van der Waals surface area contributed by atoms with E-state index in [1.165, 1.54) is 5.75 Å². The van der Waals surface area contributed by atoms with Crippen molar-refractivity contribution in [1.82, 2.24) is 4.90 Å². The largest absolute Gasteiger partial charge is 0.465 e. The summed E-state index contributed by atoms with van der Waals surface area (Å²) in [4.78, 5) is 2.54. The summed E-state index contributed by atoms with van der Waals surface area (Å²) in [5.41, 5.74) is 6.39. The Kier molecular flexibility index (Phi) is 4.98. The zero-order valence-electron chi connectivity index (χ0n) is 12.4. The molecule has 1 fully saturated rings. The first-order valence-corrected chi connectivity index (χ1v) is 8.28. The maximum atomic E-state index is 6.39. The molecule has 4 unspecified atom stereocenters. The van der Waals surface area contributed by atoms with Crippen LogP contribution in [0, 0.1) is 6.92 Å². The van der Waals surface area contributed by atoms with E-state index in [-0.39, 0.29) is 12.1 Å². The van der Waals surface area contributed by atoms with E-state index < -0.39 is 0 Å². The molecule has 4 atom stereocenters. The van der Waals surface area contributed by atoms with Crippen LogP contribution < -0.4 is 5.73 Å². The van der Waals surface area contributed by atoms with Crippen molar-refractivity contribution < 1.29 is 4.42 Å². The van der Waals surface area contributed by atoms with Gasteiger partial charge in [0.05, 0.1) is 6.04 Å². The van der Waals surface area contributed by atoms with Gasteiger partial charge in [0.15, 0.2) is 0 Å². The molecule has 3 nitrogen and oxygen atoms in total. The Balaban J connectivity index is 2.27. The van der Waals surface area contributed by atoms with Gasteiger partial charge in [-0.3, -0.25) is 4.90 Å². The molecule has 0 saturated carbocycles. The van der Waals surface area contributed by atoms with Gasteiger partial charge in [-0.2, -0.15) is 11.8 Å². The molecule has 0 radical (unpaired) electrons. The Hall–Kier alpha value is -0.450. The quantitative estimate of drug-likeness (QED) is 0.921. The zero-order chi connectivity index (χ0) is 14.0. The summed E-state index contributed by atoms with van der Waals surface area (Å²) in [6.45, 7) is 9.86. The van der Waals surface area contributed by atoms with Crippen LogP contribution in [-0.2, 0) is 0 Å². The minimum Gasteiger partial charge on any atom is -0.465 e. The molecular weight excluding hydrogens is 256 g/mol. The van der Waals surface area contributed by atoms with Gasteiger partial charge in [-0.05, 0) is 32.4 Å². The van der Waals surface area contributed by atoms with Crippen molar-refractivity contribution in [2.75, 3.05) is 12.3 Å². The molecule has 0 aliphatic carbocycles. The highest BCUT2D eigenvalue weighted by Crippen LogP contribution is 2.34. The summed E-state index contributed by atoms with van der Waals surface area (Å²) >= 11 is 2.05. The maximum Gasteiger partial charge on any atom is 0.122 e. The average Bonchev–Trinajstić information content (AvgIpc) is 2.81. The van der Waals surface area contributed by atoms with E-state index in [4.69, 9.17) is 10.2 Å². The Morgan fingerprint density at radius 1 is 1.47 bits per heavy atom. The van der Waals surface area contributed by atoms with Crippen molar-refractivity contribution in [3.8, 4) is 0 Å². The Morgan fingerprint density at radius 3 is 2.79 bits per heavy atom. The molecule has 0 aromatic carbocycles. The van der Waals surface area contributed by atoms with Crippen LogP contribution >= 0.6 is 11.8 Å². The van der Waals surface area contributed by atoms with Crippen molar-refractivity contribution in [1.29, 1.82) is 0 Å². The zero-order valence-corrected chi connectivity index (χ0v) is 13.2. The minimum atomic E-state index is 0.128. The molecule has 0 amide bonds. The highest BCUT2D eigenvalue weighted by atomic mass is 32.2. The Labute approximate surface area is 120 Å². The lowest BCUT2D eigenvalue weighted by Gasteiger charge is -2.43. The minimum absolute atomic E-state index is 0.128. The number of hydrogen-bond acceptors (Lipinski definition) is 4. The van der Waals surface area contributed by atoms with Crippen LogP contribution in [0.15, 0.2) is 16.5 Å². The van der Waals surface area contributed by atoms with Gasteiger partial charge in [-0.1, -0.05) is 13.8 Å². The lowest BCUT2D eigenvalue weighted by Crippen LogP contribution is -2.51. The molecule has 0 spiro atoms. The molecule has 1 saturated heterocycles. The highest BCUT2D eigenvalue weighted by Gasteiger charge is 2.35. The van der Waals surface area contributed by atoms with Gasteiger partial charge in [-0.15, -0.1) is 0 Å². The second-order valence-electron chi connectivity index (χ2n) is 5.52. The summed E-state index contributed by atoms with van der Waals surface area (Å²) in [6, 6.07) is 5.00. The molecule has 1 aliphatic rings. The van der Waals surface area contributed by atoms with Gasteiger partial charge >= 0.3 is 0 Å². The third-order valence-electron chi connectivity index (χ3n) is 4.22. The summed E-state index contributed by atoms with van der Waals surface area (Å²) in [5, 5.41) is 0.649. The van der Waals surface area contributed by atoms with Crippen LogP contribution in [0.3, 0.4) is 0 Å². The number of thioether (sulfide) groups is 1. The van der Waals surface area contributed by atoms with Gasteiger partial charge in [0, 0.05) is 29.6 Å². The molecule has 4 heteroatoms. The third kappa shape index (κ3) is 3.18. The monoisotopic (exact) mass is 282 g/mol. The van der Waals surface area contributed by atoms with Crippen molar-refractivity contribution in [3.05, 3.63) is 23.7 Å². The first-order valence-electron chi connectivity index (χ1n) is 7.23. The molecule has 19 heavy (non-hydrogen) atoms. The van der Waals surface area contributed by atoms with Crippen molar-refractivity contribution >= 4 is 11.8 Å². The van der Waals surface area contributed by atoms with E-state index >= 15 is 0 Å². The van der Waals surface area contributed by atoms with Crippen molar-refractivity contribution in [3.63, 3.8) is 0 Å². The van der Waals surface area contributed by atoms with Crippen LogP contribution in [0.4, 0.5) is 0 Å². The van der Waals surface area contributed by atoms with E-state index in [0.29, 0.717) is 11.3 Å². The van der Waals surface area contributed by atoms with Crippen LogP contribution in [0.2, 0.25) is 0 Å². The highest BCUT2D eigenvalue weighted by molar-refractivity contribution is 8.00. The Morgan fingerprint density at radius 2 is 2.21 bits per heavy atom. The van der Waals surface area contributed by atoms with E-state index in [1.54, 1.807) is 0 Å². The number of nitrogens with two attached hydrogens (primary N) is 1. The average molecular weight is 282 g/mol. The normalized spacial score (nSPS) is 28.3. The predicted octanol–water partition coefficient (Wildman–Crippen LogP) is 3.19. The summed E-state index contributed by atoms with van der Waals surface area (Å²) in [6.07, 6.45) is 0.967. The number of hydrogen-bond donors (Lipinski definition) is 1. The maximum absolute atomic E-state index is 6.39. The fourth-order valence-corrected chi connectivity index (χ4v) is 3.93. The number of aryl methyl sites for hydroxylation is 1. The SMILES string of the molecule is CCC(N)C(c1ccc(C)o1)N1CCSC(C)C1C. The van der Waals surface area contributed by atoms with Gasteiger partial charge in [0.25, 0.3) is 0 Å². The molecule has 1 aromatic rings. The molecule has 108 valence electrons. The molecule has 0 bridgehead atoms. The van der Waals surface area contributed by atoms with Crippen LogP contribution in [-0.4, -0.2) is 34.5 Å². The first-order chi connectivity index (χ1) is 9.04. The van der Waals surface area contributed by atoms with E-state index in [0.717, 1.165) is 24.5 Å². The molecule has 2 N–H and O–H groups in total. The van der Waals surface area contributed by atoms with Crippen molar-refractivity contribution in [2.24, 2.45) is 5.73 Å². The molecule has 2 heterocycles. The number of nitrogens with zero attached hydrogens (tertiary/aromatic N) is 1. The predicted molar refractivity (Wildman–Crippen MR) is 82.5 cm³/mol. The molecule has 1 aliphatic heterocycles. The fourth-order valence-electron chi connectivity index (χ4n) is 2.80. The Bertz CT molecular complexity index is 407. The van der Waals surface area contributed by atoms with Crippen LogP contribution in [0.5, 0.6) is 0 Å². The number of rotatable bonds is 4. The lowest BCUT2D eigenvalue weighted by molar-refractivity contribution is 0.107. The summed E-state index contributed by atoms with van der Waals surface area (Å²) in [5.74, 6) is 3.17. The fraction of sp³-hybridized carbons (Fsp3) is 0.733. The smallest absolute Gasteiger partial charge is 0.122 e. The van der Waals surface area contributed by atoms with Crippen LogP contribution in [0.25, 0.3) is 0 Å². The van der Waals surface area contributed by atoms with E-state index in [2.05, 4.69) is 43.5 Å². The van der Waals surface area contributed by atoms with E-state index in [1.807, 2.05) is 13.0 Å². The first kappa shape index (κ1) is 14.9. The van der Waals surface area contributed by atoms with Gasteiger partial charge in [0.1, 0.15) is 11.5 Å². The van der Waals surface area contributed by atoms with E-state index in [9.17, 15) is 0 Å². The number of furan rings is 1. The third-order valence-corrected chi connectivity index (χ3v) is 5.56. The lowest BCUT2D eigenvalue weighted by atomic mass is 9.99. The topological polar surface area (TPSA) is 42.4 Å². The molecule has 2 rings (SSSR count). The second kappa shape index (κ2) is 6.33. The van der Waals surface area contributed by atoms with Gasteiger partial charge < -0.3 is 10.2 Å². The van der Waals surface area contributed by atoms with Gasteiger partial charge in [0.2, 0.25) is 0 Å². The molecule has 1 aromatic heterocycles. The standard InChI is InChI=1S/C15H26N2OS/c1-5-13(16)15(14-7-6-10(2)18-14)17-8-9-19-12(4)11(17)3/h6-7,11-13,15H,5,8-9,16H2,1-4H3. The van der Waals surface area contributed by atoms with Crippen LogP contribution in [0.1, 0.15) is 44.8 Å². The summed E-state index contributed by atoms with van der Waals surface area (Å²) < 4.78 is 5.88. The molecular formula is C15H26N2OS. The van der Waals surface area contributed by atoms with Crippen molar-refractivity contribution in [2.45, 2.75) is 57.5 Å². The second-order valence-corrected chi connectivity index (χ2v) is 7.00. The van der Waals surface area contributed by atoms with Gasteiger partial charge in [-0.25, -0.2) is 0 Å². The summed E-state index contributed by atoms with van der Waals surface area (Å²) in [7, 11) is 0.